The van der Waals surface area contributed by atoms with E-state index in [4.69, 9.17) is 0 Å². The predicted molar refractivity (Wildman–Crippen MR) is 66.8 cm³/mol. The Morgan fingerprint density at radius 2 is 2.00 bits per heavy atom. The molecule has 0 aliphatic heterocycles. The van der Waals surface area contributed by atoms with Gasteiger partial charge in [0, 0.05) is 0 Å². The predicted octanol–water partition coefficient (Wildman–Crippen LogP) is 4.81. The molecule has 0 nitrogen and oxygen atoms in total. The first-order chi connectivity index (χ1) is 7.01. The molecule has 2 fully saturated rings. The van der Waals surface area contributed by atoms with Gasteiger partial charge in [0.2, 0.25) is 0 Å². The fourth-order valence-corrected chi connectivity index (χ4v) is 4.20. The third-order valence-corrected chi connectivity index (χ3v) is 5.46. The summed E-state index contributed by atoms with van der Waals surface area (Å²) in [5, 5.41) is 0. The summed E-state index contributed by atoms with van der Waals surface area (Å²) in [6.45, 7) is 13.8. The standard InChI is InChI=1S/C15H26/c1-6-12-10-14(12,5)13(7-2)15(8-9-15)11(3)4/h12-13H,3,6-10H2,1-2,4-5H3. The van der Waals surface area contributed by atoms with Crippen LogP contribution in [0.15, 0.2) is 12.2 Å². The Kier molecular flexibility index (Phi) is 2.52. The second-order valence-corrected chi connectivity index (χ2v) is 6.21. The minimum atomic E-state index is 0.549. The van der Waals surface area contributed by atoms with E-state index in [0.717, 1.165) is 11.8 Å². The van der Waals surface area contributed by atoms with Crippen molar-refractivity contribution in [1.82, 2.24) is 0 Å². The molecule has 0 aromatic rings. The third kappa shape index (κ3) is 1.48. The van der Waals surface area contributed by atoms with E-state index >= 15 is 0 Å². The van der Waals surface area contributed by atoms with E-state index in [0.29, 0.717) is 10.8 Å². The zero-order valence-corrected chi connectivity index (χ0v) is 10.9. The number of rotatable bonds is 5. The van der Waals surface area contributed by atoms with Crippen molar-refractivity contribution in [3.8, 4) is 0 Å². The largest absolute Gasteiger partial charge is 0.0996 e. The van der Waals surface area contributed by atoms with Gasteiger partial charge in [-0.15, -0.1) is 0 Å². The molecule has 2 aliphatic rings. The highest BCUT2D eigenvalue weighted by Crippen LogP contribution is 2.71. The van der Waals surface area contributed by atoms with Crippen LogP contribution in [0, 0.1) is 22.7 Å². The van der Waals surface area contributed by atoms with Crippen LogP contribution in [0.4, 0.5) is 0 Å². The lowest BCUT2D eigenvalue weighted by Crippen LogP contribution is -2.26. The Bertz CT molecular complexity index is 272. The summed E-state index contributed by atoms with van der Waals surface area (Å²) in [6, 6.07) is 0. The van der Waals surface area contributed by atoms with Crippen LogP contribution in [0.1, 0.15) is 59.8 Å². The minimum absolute atomic E-state index is 0.549. The van der Waals surface area contributed by atoms with Gasteiger partial charge in [-0.3, -0.25) is 0 Å². The maximum absolute atomic E-state index is 4.25. The van der Waals surface area contributed by atoms with Crippen molar-refractivity contribution in [2.75, 3.05) is 0 Å². The fraction of sp³-hybridized carbons (Fsp3) is 0.867. The molecule has 0 aromatic carbocycles. The smallest absolute Gasteiger partial charge is 0.00595 e. The van der Waals surface area contributed by atoms with E-state index in [2.05, 4.69) is 34.3 Å². The van der Waals surface area contributed by atoms with E-state index in [1.54, 1.807) is 0 Å². The van der Waals surface area contributed by atoms with Gasteiger partial charge in [0.15, 0.2) is 0 Å². The molecule has 2 saturated carbocycles. The summed E-state index contributed by atoms with van der Waals surface area (Å²) in [5.74, 6) is 1.91. The average molecular weight is 206 g/mol. The molecule has 0 radical (unpaired) electrons. The lowest BCUT2D eigenvalue weighted by atomic mass is 9.71. The lowest BCUT2D eigenvalue weighted by molar-refractivity contribution is 0.203. The summed E-state index contributed by atoms with van der Waals surface area (Å²) in [6.07, 6.45) is 7.01. The van der Waals surface area contributed by atoms with Crippen molar-refractivity contribution in [3.05, 3.63) is 12.2 Å². The molecule has 0 heterocycles. The molecular weight excluding hydrogens is 180 g/mol. The molecule has 0 amide bonds. The molecule has 86 valence electrons. The molecular formula is C15H26. The molecule has 3 unspecified atom stereocenters. The van der Waals surface area contributed by atoms with Crippen LogP contribution in [-0.4, -0.2) is 0 Å². The van der Waals surface area contributed by atoms with Crippen LogP contribution in [0.5, 0.6) is 0 Å². The molecule has 0 saturated heterocycles. The van der Waals surface area contributed by atoms with Crippen LogP contribution >= 0.6 is 0 Å². The number of allylic oxidation sites excluding steroid dienone is 1. The van der Waals surface area contributed by atoms with Gasteiger partial charge in [-0.25, -0.2) is 0 Å². The molecule has 0 aromatic heterocycles. The zero-order valence-electron chi connectivity index (χ0n) is 10.9. The fourth-order valence-electron chi connectivity index (χ4n) is 4.20. The topological polar surface area (TPSA) is 0 Å². The Hall–Kier alpha value is -0.260. The number of hydrogen-bond donors (Lipinski definition) is 0. The Morgan fingerprint density at radius 3 is 2.27 bits per heavy atom. The summed E-state index contributed by atoms with van der Waals surface area (Å²) < 4.78 is 0. The highest BCUT2D eigenvalue weighted by molar-refractivity contribution is 5.23. The summed E-state index contributed by atoms with van der Waals surface area (Å²) in [4.78, 5) is 0. The van der Waals surface area contributed by atoms with E-state index in [9.17, 15) is 0 Å². The van der Waals surface area contributed by atoms with Gasteiger partial charge in [0.1, 0.15) is 0 Å². The normalized spacial score (nSPS) is 38.5. The van der Waals surface area contributed by atoms with Gasteiger partial charge in [-0.1, -0.05) is 45.8 Å². The highest BCUT2D eigenvalue weighted by Gasteiger charge is 2.62. The van der Waals surface area contributed by atoms with E-state index in [1.165, 1.54) is 37.7 Å². The highest BCUT2D eigenvalue weighted by atomic mass is 14.7. The van der Waals surface area contributed by atoms with Gasteiger partial charge in [0.05, 0.1) is 0 Å². The SMILES string of the molecule is C=C(C)C1(C(CC)C2(C)CC2CC)CC1. The van der Waals surface area contributed by atoms with Crippen molar-refractivity contribution < 1.29 is 0 Å². The monoisotopic (exact) mass is 206 g/mol. The molecule has 0 spiro atoms. The molecule has 2 rings (SSSR count). The van der Waals surface area contributed by atoms with Crippen molar-refractivity contribution >= 4 is 0 Å². The zero-order chi connectivity index (χ0) is 11.3. The first-order valence-corrected chi connectivity index (χ1v) is 6.67. The number of hydrogen-bond acceptors (Lipinski definition) is 0. The van der Waals surface area contributed by atoms with Crippen molar-refractivity contribution in [2.24, 2.45) is 22.7 Å². The summed E-state index contributed by atoms with van der Waals surface area (Å²) in [7, 11) is 0. The van der Waals surface area contributed by atoms with Crippen LogP contribution < -0.4 is 0 Å². The van der Waals surface area contributed by atoms with E-state index < -0.39 is 0 Å². The van der Waals surface area contributed by atoms with Crippen LogP contribution in [0.3, 0.4) is 0 Å². The maximum atomic E-state index is 4.25. The van der Waals surface area contributed by atoms with Gasteiger partial charge in [-0.2, -0.15) is 0 Å². The Morgan fingerprint density at radius 1 is 1.40 bits per heavy atom. The van der Waals surface area contributed by atoms with Gasteiger partial charge < -0.3 is 0 Å². The van der Waals surface area contributed by atoms with Crippen LogP contribution in [0.2, 0.25) is 0 Å². The van der Waals surface area contributed by atoms with Crippen molar-refractivity contribution in [1.29, 1.82) is 0 Å². The van der Waals surface area contributed by atoms with Crippen molar-refractivity contribution in [2.45, 2.75) is 59.8 Å². The van der Waals surface area contributed by atoms with Crippen LogP contribution in [-0.2, 0) is 0 Å². The van der Waals surface area contributed by atoms with E-state index in [1.807, 2.05) is 0 Å². The lowest BCUT2D eigenvalue weighted by Gasteiger charge is -2.33. The van der Waals surface area contributed by atoms with Gasteiger partial charge >= 0.3 is 0 Å². The summed E-state index contributed by atoms with van der Waals surface area (Å²) in [5.41, 5.74) is 2.66. The second kappa shape index (κ2) is 3.37. The first-order valence-electron chi connectivity index (χ1n) is 6.67. The molecule has 0 bridgehead atoms. The third-order valence-electron chi connectivity index (χ3n) is 5.46. The van der Waals surface area contributed by atoms with Crippen molar-refractivity contribution in [3.63, 3.8) is 0 Å². The molecule has 15 heavy (non-hydrogen) atoms. The maximum Gasteiger partial charge on any atom is -0.00595 e. The van der Waals surface area contributed by atoms with Gasteiger partial charge in [-0.05, 0) is 48.9 Å². The molecule has 0 N–H and O–H groups in total. The second-order valence-electron chi connectivity index (χ2n) is 6.21. The minimum Gasteiger partial charge on any atom is -0.0996 e. The van der Waals surface area contributed by atoms with Crippen LogP contribution in [0.25, 0.3) is 0 Å². The average Bonchev–Trinajstić information content (AvgIpc) is 3.04. The van der Waals surface area contributed by atoms with E-state index in [-0.39, 0.29) is 0 Å². The van der Waals surface area contributed by atoms with Gasteiger partial charge in [0.25, 0.3) is 0 Å². The molecule has 2 aliphatic carbocycles. The quantitative estimate of drug-likeness (QED) is 0.566. The molecule has 3 atom stereocenters. The Labute approximate surface area is 95.1 Å². The Balaban J connectivity index is 2.16. The first kappa shape index (κ1) is 11.2. The molecule has 0 heteroatoms. The summed E-state index contributed by atoms with van der Waals surface area (Å²) >= 11 is 0.